The molecule has 1 aromatic heterocycles. The number of rotatable bonds is 5. The molecule has 130 valence electrons. The van der Waals surface area contributed by atoms with Crippen molar-refractivity contribution in [3.05, 3.63) is 47.1 Å². The molecule has 1 heterocycles. The van der Waals surface area contributed by atoms with Gasteiger partial charge in [-0.3, -0.25) is 0 Å². The smallest absolute Gasteiger partial charge is 0.315 e. The first-order chi connectivity index (χ1) is 11.3. The lowest BCUT2D eigenvalue weighted by atomic mass is 9.86. The fourth-order valence-corrected chi connectivity index (χ4v) is 2.14. The van der Waals surface area contributed by atoms with Crippen LogP contribution in [0.4, 0.5) is 4.79 Å². The number of carbonyl (C=O) groups is 1. The second-order valence-electron chi connectivity index (χ2n) is 6.69. The highest BCUT2D eigenvalue weighted by atomic mass is 16.5. The molecule has 24 heavy (non-hydrogen) atoms. The lowest BCUT2D eigenvalue weighted by Crippen LogP contribution is -2.37. The number of benzene rings is 1. The number of aliphatic hydroxyl groups is 1. The molecule has 0 bridgehead atoms. The highest BCUT2D eigenvalue weighted by Gasteiger charge is 2.15. The summed E-state index contributed by atoms with van der Waals surface area (Å²) < 4.78 is 4.90. The molecule has 0 spiro atoms. The van der Waals surface area contributed by atoms with Crippen LogP contribution < -0.4 is 10.6 Å². The van der Waals surface area contributed by atoms with E-state index in [9.17, 15) is 9.90 Å². The summed E-state index contributed by atoms with van der Waals surface area (Å²) in [5.41, 5.74) is 2.02. The Hall–Kier alpha value is -2.41. The molecule has 0 aliphatic rings. The lowest BCUT2D eigenvalue weighted by molar-refractivity contribution is 0.173. The average Bonchev–Trinajstić information content (AvgIpc) is 2.95. The molecule has 0 fully saturated rings. The number of urea groups is 1. The van der Waals surface area contributed by atoms with Crippen molar-refractivity contribution < 1.29 is 14.4 Å². The molecule has 7 heteroatoms. The van der Waals surface area contributed by atoms with Gasteiger partial charge >= 0.3 is 6.03 Å². The maximum absolute atomic E-state index is 11.7. The van der Waals surface area contributed by atoms with Crippen LogP contribution in [0.25, 0.3) is 0 Å². The molecular formula is C17H24N4O3. The Morgan fingerprint density at radius 2 is 1.92 bits per heavy atom. The van der Waals surface area contributed by atoms with Crippen molar-refractivity contribution in [3.8, 4) is 0 Å². The molecule has 1 unspecified atom stereocenters. The van der Waals surface area contributed by atoms with Gasteiger partial charge in [-0.1, -0.05) is 50.2 Å². The van der Waals surface area contributed by atoms with Crippen LogP contribution in [0.3, 0.4) is 0 Å². The van der Waals surface area contributed by atoms with Gasteiger partial charge in [0.2, 0.25) is 5.89 Å². The summed E-state index contributed by atoms with van der Waals surface area (Å²) in [7, 11) is 0. The third kappa shape index (κ3) is 5.06. The summed E-state index contributed by atoms with van der Waals surface area (Å²) in [6.45, 7) is 8.36. The maximum Gasteiger partial charge on any atom is 0.315 e. The van der Waals surface area contributed by atoms with E-state index in [0.29, 0.717) is 11.7 Å². The minimum Gasteiger partial charge on any atom is -0.387 e. The number of aromatic nitrogens is 2. The molecular weight excluding hydrogens is 308 g/mol. The SMILES string of the molecule is Cc1noc(CNC(=O)NCC(O)c2ccc(C(C)(C)C)cc2)n1. The first-order valence-corrected chi connectivity index (χ1v) is 7.85. The van der Waals surface area contributed by atoms with E-state index in [-0.39, 0.29) is 18.5 Å². The standard InChI is InChI=1S/C17H24N4O3/c1-11-20-15(24-21-11)10-19-16(23)18-9-14(22)12-5-7-13(8-6-12)17(2,3)4/h5-8,14,22H,9-10H2,1-4H3,(H2,18,19,23). The van der Waals surface area contributed by atoms with Crippen molar-refractivity contribution in [1.82, 2.24) is 20.8 Å². The van der Waals surface area contributed by atoms with Crippen molar-refractivity contribution in [2.75, 3.05) is 6.54 Å². The van der Waals surface area contributed by atoms with Crippen LogP contribution in [0.15, 0.2) is 28.8 Å². The van der Waals surface area contributed by atoms with Crippen LogP contribution in [-0.2, 0) is 12.0 Å². The number of aryl methyl sites for hydroxylation is 1. The molecule has 0 saturated carbocycles. The highest BCUT2D eigenvalue weighted by molar-refractivity contribution is 5.73. The van der Waals surface area contributed by atoms with Crippen LogP contribution >= 0.6 is 0 Å². The quantitative estimate of drug-likeness (QED) is 0.779. The van der Waals surface area contributed by atoms with Crippen molar-refractivity contribution in [2.45, 2.75) is 45.8 Å². The molecule has 1 atom stereocenters. The van der Waals surface area contributed by atoms with Crippen molar-refractivity contribution >= 4 is 6.03 Å². The minimum atomic E-state index is -0.768. The number of carbonyl (C=O) groups excluding carboxylic acids is 1. The van der Waals surface area contributed by atoms with Gasteiger partial charge in [0.05, 0.1) is 12.6 Å². The molecule has 0 aliphatic heterocycles. The molecule has 0 saturated heterocycles. The van der Waals surface area contributed by atoms with E-state index in [4.69, 9.17) is 4.52 Å². The van der Waals surface area contributed by atoms with E-state index in [1.807, 2.05) is 24.3 Å². The van der Waals surface area contributed by atoms with Gasteiger partial charge in [-0.05, 0) is 23.5 Å². The number of aliphatic hydroxyl groups excluding tert-OH is 1. The monoisotopic (exact) mass is 332 g/mol. The summed E-state index contributed by atoms with van der Waals surface area (Å²) in [5.74, 6) is 0.849. The number of nitrogens with zero attached hydrogens (tertiary/aromatic N) is 2. The molecule has 0 aliphatic carbocycles. The van der Waals surface area contributed by atoms with Crippen molar-refractivity contribution in [3.63, 3.8) is 0 Å². The largest absolute Gasteiger partial charge is 0.387 e. The third-order valence-corrected chi connectivity index (χ3v) is 3.59. The number of nitrogens with one attached hydrogen (secondary N) is 2. The van der Waals surface area contributed by atoms with Crippen molar-refractivity contribution in [1.29, 1.82) is 0 Å². The van der Waals surface area contributed by atoms with Gasteiger partial charge in [0, 0.05) is 6.54 Å². The van der Waals surface area contributed by atoms with E-state index in [2.05, 4.69) is 41.5 Å². The Balaban J connectivity index is 1.79. The molecule has 3 N–H and O–H groups in total. The Bertz CT molecular complexity index is 674. The number of amides is 2. The highest BCUT2D eigenvalue weighted by Crippen LogP contribution is 2.23. The van der Waals surface area contributed by atoms with Gasteiger partial charge < -0.3 is 20.3 Å². The fourth-order valence-electron chi connectivity index (χ4n) is 2.14. The van der Waals surface area contributed by atoms with E-state index in [0.717, 1.165) is 5.56 Å². The summed E-state index contributed by atoms with van der Waals surface area (Å²) in [6, 6.07) is 7.35. The first kappa shape index (κ1) is 17.9. The van der Waals surface area contributed by atoms with Gasteiger partial charge in [0.15, 0.2) is 5.82 Å². The molecule has 2 aromatic rings. The molecule has 0 radical (unpaired) electrons. The van der Waals surface area contributed by atoms with Crippen LogP contribution in [-0.4, -0.2) is 27.8 Å². The zero-order chi connectivity index (χ0) is 17.7. The minimum absolute atomic E-state index is 0.0642. The zero-order valence-corrected chi connectivity index (χ0v) is 14.5. The fraction of sp³-hybridized carbons (Fsp3) is 0.471. The van der Waals surface area contributed by atoms with Gasteiger partial charge in [-0.25, -0.2) is 4.79 Å². The van der Waals surface area contributed by atoms with E-state index in [1.165, 1.54) is 5.56 Å². The average molecular weight is 332 g/mol. The maximum atomic E-state index is 11.7. The second-order valence-corrected chi connectivity index (χ2v) is 6.69. The van der Waals surface area contributed by atoms with Crippen LogP contribution in [0.1, 0.15) is 49.7 Å². The molecule has 7 nitrogen and oxygen atoms in total. The van der Waals surface area contributed by atoms with Crippen LogP contribution in [0, 0.1) is 6.92 Å². The van der Waals surface area contributed by atoms with Gasteiger partial charge in [-0.2, -0.15) is 4.98 Å². The predicted molar refractivity (Wildman–Crippen MR) is 89.4 cm³/mol. The lowest BCUT2D eigenvalue weighted by Gasteiger charge is -2.20. The third-order valence-electron chi connectivity index (χ3n) is 3.59. The second kappa shape index (κ2) is 7.44. The summed E-state index contributed by atoms with van der Waals surface area (Å²) in [4.78, 5) is 15.7. The summed E-state index contributed by atoms with van der Waals surface area (Å²) in [5, 5.41) is 19.0. The molecule has 2 rings (SSSR count). The number of hydrogen-bond donors (Lipinski definition) is 3. The molecule has 2 amide bonds. The Morgan fingerprint density at radius 3 is 2.46 bits per heavy atom. The summed E-state index contributed by atoms with van der Waals surface area (Å²) in [6.07, 6.45) is -0.768. The Labute approximate surface area is 141 Å². The Morgan fingerprint density at radius 1 is 1.25 bits per heavy atom. The number of hydrogen-bond acceptors (Lipinski definition) is 5. The zero-order valence-electron chi connectivity index (χ0n) is 14.5. The van der Waals surface area contributed by atoms with E-state index >= 15 is 0 Å². The van der Waals surface area contributed by atoms with E-state index < -0.39 is 12.1 Å². The Kier molecular flexibility index (Phi) is 5.56. The van der Waals surface area contributed by atoms with Crippen molar-refractivity contribution in [2.24, 2.45) is 0 Å². The summed E-state index contributed by atoms with van der Waals surface area (Å²) >= 11 is 0. The normalized spacial score (nSPS) is 12.7. The first-order valence-electron chi connectivity index (χ1n) is 7.85. The van der Waals surface area contributed by atoms with Gasteiger partial charge in [0.1, 0.15) is 0 Å². The van der Waals surface area contributed by atoms with Gasteiger partial charge in [0.25, 0.3) is 0 Å². The topological polar surface area (TPSA) is 100 Å². The van der Waals surface area contributed by atoms with E-state index in [1.54, 1.807) is 6.92 Å². The molecule has 1 aromatic carbocycles. The van der Waals surface area contributed by atoms with Gasteiger partial charge in [-0.15, -0.1) is 0 Å². The predicted octanol–water partition coefficient (Wildman–Crippen LogP) is 2.21. The van der Waals surface area contributed by atoms with Crippen LogP contribution in [0.2, 0.25) is 0 Å². The van der Waals surface area contributed by atoms with Crippen LogP contribution in [0.5, 0.6) is 0 Å².